The van der Waals surface area contributed by atoms with Gasteiger partial charge in [0.15, 0.2) is 5.25 Å². The van der Waals surface area contributed by atoms with Crippen molar-refractivity contribution >= 4 is 22.1 Å². The summed E-state index contributed by atoms with van der Waals surface area (Å²) in [5.74, 6) is -2.29. The lowest BCUT2D eigenvalue weighted by Crippen LogP contribution is -2.36. The van der Waals surface area contributed by atoms with Gasteiger partial charge in [0.1, 0.15) is 18.5 Å². The Morgan fingerprint density at radius 3 is 2.36 bits per heavy atom. The summed E-state index contributed by atoms with van der Waals surface area (Å²) < 4.78 is 42.0. The van der Waals surface area contributed by atoms with Gasteiger partial charge in [0.05, 0.1) is 6.42 Å². The van der Waals surface area contributed by atoms with E-state index in [1.54, 1.807) is 24.3 Å². The van der Waals surface area contributed by atoms with Crippen LogP contribution in [0.4, 0.5) is 0 Å². The molecule has 0 aliphatic carbocycles. The molecule has 0 fully saturated rings. The third-order valence-electron chi connectivity index (χ3n) is 3.32. The molecule has 2 unspecified atom stereocenters. The molecule has 0 amide bonds. The SMILES string of the molecule is CCCCC(COC(=O)C(CC(=O)O)S(=O)(=O)O)Oc1ccccc1. The van der Waals surface area contributed by atoms with Crippen LogP contribution >= 0.6 is 0 Å². The summed E-state index contributed by atoms with van der Waals surface area (Å²) in [6, 6.07) is 8.83. The van der Waals surface area contributed by atoms with Crippen molar-refractivity contribution in [2.75, 3.05) is 6.61 Å². The first-order valence-corrected chi connectivity index (χ1v) is 9.30. The smallest absolute Gasteiger partial charge is 0.327 e. The van der Waals surface area contributed by atoms with Crippen molar-refractivity contribution in [3.63, 3.8) is 0 Å². The number of carboxylic acid groups (broad SMARTS) is 1. The maximum Gasteiger partial charge on any atom is 0.327 e. The highest BCUT2D eigenvalue weighted by molar-refractivity contribution is 7.87. The number of hydrogen-bond acceptors (Lipinski definition) is 6. The van der Waals surface area contributed by atoms with Gasteiger partial charge in [-0.05, 0) is 25.0 Å². The molecule has 0 aliphatic rings. The Hall–Kier alpha value is -2.13. The Kier molecular flexibility index (Phi) is 8.36. The lowest BCUT2D eigenvalue weighted by atomic mass is 10.1. The van der Waals surface area contributed by atoms with E-state index >= 15 is 0 Å². The molecule has 25 heavy (non-hydrogen) atoms. The van der Waals surface area contributed by atoms with E-state index < -0.39 is 39.8 Å². The summed E-state index contributed by atoms with van der Waals surface area (Å²) in [5, 5.41) is 6.52. The van der Waals surface area contributed by atoms with Gasteiger partial charge in [0, 0.05) is 0 Å². The van der Waals surface area contributed by atoms with Crippen LogP contribution in [0.5, 0.6) is 5.75 Å². The molecule has 2 N–H and O–H groups in total. The average Bonchev–Trinajstić information content (AvgIpc) is 2.54. The predicted molar refractivity (Wildman–Crippen MR) is 88.9 cm³/mol. The molecule has 0 heterocycles. The number of ether oxygens (including phenoxy) is 2. The van der Waals surface area contributed by atoms with E-state index in [0.717, 1.165) is 12.8 Å². The maximum atomic E-state index is 11.9. The van der Waals surface area contributed by atoms with E-state index in [-0.39, 0.29) is 6.61 Å². The van der Waals surface area contributed by atoms with Crippen molar-refractivity contribution in [2.24, 2.45) is 0 Å². The molecule has 8 nitrogen and oxygen atoms in total. The minimum absolute atomic E-state index is 0.251. The number of esters is 1. The topological polar surface area (TPSA) is 127 Å². The quantitative estimate of drug-likeness (QED) is 0.444. The fourth-order valence-corrected chi connectivity index (χ4v) is 2.70. The Morgan fingerprint density at radius 2 is 1.84 bits per heavy atom. The zero-order chi connectivity index (χ0) is 18.9. The summed E-state index contributed by atoms with van der Waals surface area (Å²) in [4.78, 5) is 22.5. The third kappa shape index (κ3) is 7.99. The van der Waals surface area contributed by atoms with Gasteiger partial charge in [-0.25, -0.2) is 0 Å². The average molecular weight is 374 g/mol. The van der Waals surface area contributed by atoms with Gasteiger partial charge in [-0.15, -0.1) is 0 Å². The lowest BCUT2D eigenvalue weighted by Gasteiger charge is -2.20. The van der Waals surface area contributed by atoms with Crippen LogP contribution in [-0.2, 0) is 24.4 Å². The second-order valence-corrected chi connectivity index (χ2v) is 7.03. The van der Waals surface area contributed by atoms with E-state index in [0.29, 0.717) is 12.2 Å². The van der Waals surface area contributed by atoms with Crippen molar-refractivity contribution in [3.05, 3.63) is 30.3 Å². The lowest BCUT2D eigenvalue weighted by molar-refractivity contribution is -0.149. The third-order valence-corrected chi connectivity index (χ3v) is 4.40. The number of carbonyl (C=O) groups is 2. The van der Waals surface area contributed by atoms with E-state index in [4.69, 9.17) is 19.1 Å². The molecular formula is C16H22O8S. The number of carboxylic acids is 1. The van der Waals surface area contributed by atoms with Crippen LogP contribution < -0.4 is 4.74 Å². The largest absolute Gasteiger partial charge is 0.487 e. The molecule has 0 radical (unpaired) electrons. The highest BCUT2D eigenvalue weighted by atomic mass is 32.2. The number of para-hydroxylation sites is 1. The number of benzene rings is 1. The molecule has 9 heteroatoms. The molecule has 0 aromatic heterocycles. The molecular weight excluding hydrogens is 352 g/mol. The minimum atomic E-state index is -4.88. The van der Waals surface area contributed by atoms with Crippen molar-refractivity contribution < 1.29 is 37.1 Å². The maximum absolute atomic E-state index is 11.9. The molecule has 0 spiro atoms. The van der Waals surface area contributed by atoms with Gasteiger partial charge < -0.3 is 14.6 Å². The van der Waals surface area contributed by atoms with E-state index in [2.05, 4.69) is 0 Å². The van der Waals surface area contributed by atoms with Crippen LogP contribution in [0.1, 0.15) is 32.6 Å². The highest BCUT2D eigenvalue weighted by Gasteiger charge is 2.35. The number of hydrogen-bond donors (Lipinski definition) is 2. The van der Waals surface area contributed by atoms with Crippen LogP contribution in [0.3, 0.4) is 0 Å². The van der Waals surface area contributed by atoms with Crippen molar-refractivity contribution in [1.29, 1.82) is 0 Å². The Morgan fingerprint density at radius 1 is 1.20 bits per heavy atom. The van der Waals surface area contributed by atoms with E-state index in [1.165, 1.54) is 0 Å². The van der Waals surface area contributed by atoms with E-state index in [1.807, 2.05) is 13.0 Å². The van der Waals surface area contributed by atoms with Gasteiger partial charge in [-0.3, -0.25) is 14.1 Å². The second kappa shape index (κ2) is 10.00. The Bertz CT molecular complexity index is 656. The van der Waals surface area contributed by atoms with E-state index in [9.17, 15) is 18.0 Å². The van der Waals surface area contributed by atoms with Crippen LogP contribution in [0.2, 0.25) is 0 Å². The number of carbonyl (C=O) groups excluding carboxylic acids is 1. The van der Waals surface area contributed by atoms with Gasteiger partial charge in [0.2, 0.25) is 0 Å². The Balaban J connectivity index is 2.72. The standard InChI is InChI=1S/C16H22O8S/c1-2-3-7-13(24-12-8-5-4-6-9-12)11-23-16(19)14(10-15(17)18)25(20,21)22/h4-6,8-9,13-14H,2-3,7,10-11H2,1H3,(H,17,18)(H,20,21,22). The summed E-state index contributed by atoms with van der Waals surface area (Å²) in [6.45, 7) is 1.73. The van der Waals surface area contributed by atoms with Crippen molar-refractivity contribution in [1.82, 2.24) is 0 Å². The molecule has 1 rings (SSSR count). The first-order valence-electron chi connectivity index (χ1n) is 7.80. The molecule has 0 bridgehead atoms. The summed E-state index contributed by atoms with van der Waals surface area (Å²) >= 11 is 0. The fourth-order valence-electron chi connectivity index (χ4n) is 2.04. The monoisotopic (exact) mass is 374 g/mol. The molecule has 1 aromatic rings. The zero-order valence-electron chi connectivity index (χ0n) is 13.8. The van der Waals surface area contributed by atoms with Crippen molar-refractivity contribution in [3.8, 4) is 5.75 Å². The first kappa shape index (κ1) is 20.9. The van der Waals surface area contributed by atoms with Crippen LogP contribution in [0.15, 0.2) is 30.3 Å². The predicted octanol–water partition coefficient (Wildman–Crippen LogP) is 1.90. The van der Waals surface area contributed by atoms with Gasteiger partial charge >= 0.3 is 11.9 Å². The molecule has 0 saturated heterocycles. The van der Waals surface area contributed by atoms with Gasteiger partial charge in [0.25, 0.3) is 10.1 Å². The van der Waals surface area contributed by atoms with Crippen LogP contribution in [0, 0.1) is 0 Å². The molecule has 0 aliphatic heterocycles. The molecule has 0 saturated carbocycles. The number of rotatable bonds is 11. The van der Waals surface area contributed by atoms with Crippen molar-refractivity contribution in [2.45, 2.75) is 44.0 Å². The normalized spacial score (nSPS) is 13.7. The fraction of sp³-hybridized carbons (Fsp3) is 0.500. The molecule has 1 aromatic carbocycles. The van der Waals surface area contributed by atoms with Crippen LogP contribution in [-0.4, -0.2) is 48.0 Å². The van der Waals surface area contributed by atoms with Gasteiger partial charge in [-0.2, -0.15) is 8.42 Å². The van der Waals surface area contributed by atoms with Gasteiger partial charge in [-0.1, -0.05) is 31.5 Å². The summed E-state index contributed by atoms with van der Waals surface area (Å²) in [5.41, 5.74) is 0. The first-order chi connectivity index (χ1) is 11.7. The highest BCUT2D eigenvalue weighted by Crippen LogP contribution is 2.15. The molecule has 2 atom stereocenters. The Labute approximate surface area is 146 Å². The molecule has 140 valence electrons. The number of aliphatic carboxylic acids is 1. The zero-order valence-corrected chi connectivity index (χ0v) is 14.6. The minimum Gasteiger partial charge on any atom is -0.487 e. The second-order valence-electron chi connectivity index (χ2n) is 5.43. The summed E-state index contributed by atoms with van der Waals surface area (Å²) in [7, 11) is -4.88. The van der Waals surface area contributed by atoms with Crippen LogP contribution in [0.25, 0.3) is 0 Å². The number of unbranched alkanes of at least 4 members (excludes halogenated alkanes) is 1. The summed E-state index contributed by atoms with van der Waals surface area (Å²) in [6.07, 6.45) is 0.657.